The summed E-state index contributed by atoms with van der Waals surface area (Å²) in [5.41, 5.74) is 0.827. The van der Waals surface area contributed by atoms with Gasteiger partial charge in [0.2, 0.25) is 5.91 Å². The molecule has 1 aromatic carbocycles. The third-order valence-corrected chi connectivity index (χ3v) is 2.92. The number of amides is 1. The van der Waals surface area contributed by atoms with E-state index in [2.05, 4.69) is 5.32 Å². The monoisotopic (exact) mass is 255 g/mol. The summed E-state index contributed by atoms with van der Waals surface area (Å²) >= 11 is 7.25. The quantitative estimate of drug-likeness (QED) is 0.495. The van der Waals surface area contributed by atoms with E-state index in [1.165, 1.54) is 11.8 Å². The van der Waals surface area contributed by atoms with Crippen molar-refractivity contribution in [1.82, 2.24) is 0 Å². The number of thioether (sulfide) groups is 1. The molecule has 0 heterocycles. The van der Waals surface area contributed by atoms with Gasteiger partial charge in [-0.1, -0.05) is 12.2 Å². The van der Waals surface area contributed by atoms with Crippen LogP contribution in [0, 0.1) is 0 Å². The minimum atomic E-state index is -0.0505. The lowest BCUT2D eigenvalue weighted by Crippen LogP contribution is -2.05. The van der Waals surface area contributed by atoms with Gasteiger partial charge in [-0.3, -0.25) is 4.79 Å². The van der Waals surface area contributed by atoms with Gasteiger partial charge in [-0.25, -0.2) is 0 Å². The number of carbonyl (C=O) groups is 1. The molecule has 0 aromatic heterocycles. The molecule has 2 nitrogen and oxygen atoms in total. The Bertz CT molecular complexity index is 362. The number of alkyl halides is 1. The molecule has 0 spiro atoms. The van der Waals surface area contributed by atoms with Crippen LogP contribution in [-0.4, -0.2) is 17.5 Å². The second-order valence-electron chi connectivity index (χ2n) is 3.14. The van der Waals surface area contributed by atoms with Gasteiger partial charge in [0.25, 0.3) is 0 Å². The fourth-order valence-corrected chi connectivity index (χ4v) is 1.99. The Morgan fingerprint density at radius 1 is 1.38 bits per heavy atom. The van der Waals surface area contributed by atoms with Crippen LogP contribution in [0.15, 0.2) is 41.3 Å². The standard InChI is InChI=1S/C12H14ClNOS/c1-10(15)14-11-4-6-12(7-5-11)16-9-3-2-8-13/h2-7H,8-9H2,1H3,(H,14,15). The number of rotatable bonds is 5. The summed E-state index contributed by atoms with van der Waals surface area (Å²) in [7, 11) is 0. The highest BCUT2D eigenvalue weighted by molar-refractivity contribution is 7.99. The summed E-state index contributed by atoms with van der Waals surface area (Å²) in [6.07, 6.45) is 3.97. The molecule has 1 aromatic rings. The van der Waals surface area contributed by atoms with E-state index in [0.29, 0.717) is 5.88 Å². The van der Waals surface area contributed by atoms with Crippen LogP contribution in [0.25, 0.3) is 0 Å². The van der Waals surface area contributed by atoms with E-state index in [-0.39, 0.29) is 5.91 Å². The minimum Gasteiger partial charge on any atom is -0.326 e. The Hall–Kier alpha value is -0.930. The van der Waals surface area contributed by atoms with Gasteiger partial charge >= 0.3 is 0 Å². The molecule has 1 rings (SSSR count). The minimum absolute atomic E-state index is 0.0505. The highest BCUT2D eigenvalue weighted by Crippen LogP contribution is 2.20. The zero-order valence-corrected chi connectivity index (χ0v) is 10.6. The van der Waals surface area contributed by atoms with E-state index >= 15 is 0 Å². The molecule has 16 heavy (non-hydrogen) atoms. The molecule has 0 fully saturated rings. The summed E-state index contributed by atoms with van der Waals surface area (Å²) in [6, 6.07) is 7.78. The van der Waals surface area contributed by atoms with E-state index in [0.717, 1.165) is 11.4 Å². The Kier molecular flexibility index (Phi) is 6.04. The van der Waals surface area contributed by atoms with Crippen molar-refractivity contribution < 1.29 is 4.79 Å². The largest absolute Gasteiger partial charge is 0.326 e. The van der Waals surface area contributed by atoms with Gasteiger partial charge in [0.15, 0.2) is 0 Å². The van der Waals surface area contributed by atoms with Gasteiger partial charge in [0.1, 0.15) is 0 Å². The van der Waals surface area contributed by atoms with Crippen molar-refractivity contribution in [2.24, 2.45) is 0 Å². The molecule has 0 aliphatic heterocycles. The Morgan fingerprint density at radius 3 is 2.62 bits per heavy atom. The SMILES string of the molecule is CC(=O)Nc1ccc(SCC=CCCl)cc1. The number of hydrogen-bond acceptors (Lipinski definition) is 2. The van der Waals surface area contributed by atoms with Gasteiger partial charge < -0.3 is 5.32 Å². The average molecular weight is 256 g/mol. The van der Waals surface area contributed by atoms with Crippen molar-refractivity contribution >= 4 is 35.0 Å². The smallest absolute Gasteiger partial charge is 0.221 e. The summed E-state index contributed by atoms with van der Waals surface area (Å²) in [5.74, 6) is 1.42. The first-order valence-corrected chi connectivity index (χ1v) is 6.46. The number of anilines is 1. The lowest BCUT2D eigenvalue weighted by molar-refractivity contribution is -0.114. The average Bonchev–Trinajstić information content (AvgIpc) is 2.26. The van der Waals surface area contributed by atoms with Gasteiger partial charge in [0, 0.05) is 29.1 Å². The van der Waals surface area contributed by atoms with E-state index in [1.54, 1.807) is 11.8 Å². The van der Waals surface area contributed by atoms with E-state index in [9.17, 15) is 4.79 Å². The summed E-state index contributed by atoms with van der Waals surface area (Å²) in [6.45, 7) is 1.50. The predicted molar refractivity (Wildman–Crippen MR) is 71.3 cm³/mol. The molecule has 0 bridgehead atoms. The Morgan fingerprint density at radius 2 is 2.06 bits per heavy atom. The summed E-state index contributed by atoms with van der Waals surface area (Å²) in [5, 5.41) is 2.73. The first-order chi connectivity index (χ1) is 7.72. The molecular formula is C12H14ClNOS. The van der Waals surface area contributed by atoms with Crippen LogP contribution < -0.4 is 5.32 Å². The summed E-state index contributed by atoms with van der Waals surface area (Å²) < 4.78 is 0. The molecule has 0 atom stereocenters. The van der Waals surface area contributed by atoms with Crippen LogP contribution in [0.1, 0.15) is 6.92 Å². The third-order valence-electron chi connectivity index (χ3n) is 1.78. The molecule has 0 aliphatic carbocycles. The van der Waals surface area contributed by atoms with Crippen molar-refractivity contribution in [1.29, 1.82) is 0 Å². The van der Waals surface area contributed by atoms with Gasteiger partial charge in [-0.05, 0) is 24.3 Å². The highest BCUT2D eigenvalue weighted by atomic mass is 35.5. The molecule has 0 saturated heterocycles. The van der Waals surface area contributed by atoms with Crippen molar-refractivity contribution in [3.05, 3.63) is 36.4 Å². The number of hydrogen-bond donors (Lipinski definition) is 1. The number of nitrogens with one attached hydrogen (secondary N) is 1. The second kappa shape index (κ2) is 7.36. The van der Waals surface area contributed by atoms with Crippen molar-refractivity contribution in [2.75, 3.05) is 16.9 Å². The first kappa shape index (κ1) is 13.1. The molecule has 86 valence electrons. The Labute approximate surface area is 105 Å². The highest BCUT2D eigenvalue weighted by Gasteiger charge is 1.96. The van der Waals surface area contributed by atoms with Gasteiger partial charge in [0.05, 0.1) is 0 Å². The predicted octanol–water partition coefficient (Wildman–Crippen LogP) is 3.53. The normalized spacial score (nSPS) is 10.6. The van der Waals surface area contributed by atoms with E-state index in [1.807, 2.05) is 36.4 Å². The molecule has 0 radical (unpaired) electrons. The Balaban J connectivity index is 2.45. The summed E-state index contributed by atoms with van der Waals surface area (Å²) in [4.78, 5) is 12.0. The lowest BCUT2D eigenvalue weighted by Gasteiger charge is -2.03. The van der Waals surface area contributed by atoms with Gasteiger partial charge in [-0.2, -0.15) is 0 Å². The number of carbonyl (C=O) groups excluding carboxylic acids is 1. The number of benzene rings is 1. The van der Waals surface area contributed by atoms with Crippen LogP contribution in [0.2, 0.25) is 0 Å². The fraction of sp³-hybridized carbons (Fsp3) is 0.250. The van der Waals surface area contributed by atoms with Crippen LogP contribution in [0.4, 0.5) is 5.69 Å². The lowest BCUT2D eigenvalue weighted by atomic mass is 10.3. The van der Waals surface area contributed by atoms with Crippen molar-refractivity contribution in [2.45, 2.75) is 11.8 Å². The molecule has 0 aliphatic rings. The molecule has 1 amide bonds. The fourth-order valence-electron chi connectivity index (χ4n) is 1.11. The molecule has 1 N–H and O–H groups in total. The van der Waals surface area contributed by atoms with Crippen LogP contribution in [-0.2, 0) is 4.79 Å². The number of allylic oxidation sites excluding steroid dienone is 1. The zero-order valence-electron chi connectivity index (χ0n) is 9.07. The van der Waals surface area contributed by atoms with E-state index in [4.69, 9.17) is 11.6 Å². The van der Waals surface area contributed by atoms with Gasteiger partial charge in [-0.15, -0.1) is 23.4 Å². The zero-order chi connectivity index (χ0) is 11.8. The maximum absolute atomic E-state index is 10.8. The maximum Gasteiger partial charge on any atom is 0.221 e. The van der Waals surface area contributed by atoms with Crippen LogP contribution >= 0.6 is 23.4 Å². The topological polar surface area (TPSA) is 29.1 Å². The van der Waals surface area contributed by atoms with Crippen LogP contribution in [0.3, 0.4) is 0 Å². The molecular weight excluding hydrogens is 242 g/mol. The van der Waals surface area contributed by atoms with Crippen molar-refractivity contribution in [3.63, 3.8) is 0 Å². The van der Waals surface area contributed by atoms with E-state index < -0.39 is 0 Å². The second-order valence-corrected chi connectivity index (χ2v) is 4.54. The molecule has 0 unspecified atom stereocenters. The number of halogens is 1. The first-order valence-electron chi connectivity index (χ1n) is 4.94. The third kappa shape index (κ3) is 5.24. The molecule has 4 heteroatoms. The maximum atomic E-state index is 10.8. The van der Waals surface area contributed by atoms with Crippen LogP contribution in [0.5, 0.6) is 0 Å². The van der Waals surface area contributed by atoms with Crippen molar-refractivity contribution in [3.8, 4) is 0 Å². The molecule has 0 saturated carbocycles.